The van der Waals surface area contributed by atoms with Crippen molar-refractivity contribution in [3.8, 4) is 0 Å². The molecule has 4 heteroatoms. The van der Waals surface area contributed by atoms with Gasteiger partial charge in [0.1, 0.15) is 0 Å². The Morgan fingerprint density at radius 3 is 2.56 bits per heavy atom. The number of nitrogens with one attached hydrogen (secondary N) is 1. The molecule has 1 aromatic rings. The summed E-state index contributed by atoms with van der Waals surface area (Å²) in [5.41, 5.74) is 1.07. The molecule has 0 aromatic heterocycles. The minimum Gasteiger partial charge on any atom is -0.392 e. The SMILES string of the molecule is CC[C@@H](O)CNC(C)c1ccc(Cl)c(Cl)c1. The van der Waals surface area contributed by atoms with Gasteiger partial charge in [-0.05, 0) is 31.0 Å². The van der Waals surface area contributed by atoms with Gasteiger partial charge in [0.2, 0.25) is 0 Å². The van der Waals surface area contributed by atoms with Crippen molar-refractivity contribution in [2.75, 3.05) is 6.54 Å². The number of hydrogen-bond acceptors (Lipinski definition) is 2. The smallest absolute Gasteiger partial charge is 0.0662 e. The van der Waals surface area contributed by atoms with Crippen molar-refractivity contribution in [2.45, 2.75) is 32.4 Å². The number of benzene rings is 1. The minimum absolute atomic E-state index is 0.149. The van der Waals surface area contributed by atoms with Gasteiger partial charge < -0.3 is 10.4 Å². The zero-order valence-electron chi connectivity index (χ0n) is 9.50. The number of aliphatic hydroxyl groups is 1. The first-order valence-electron chi connectivity index (χ1n) is 5.41. The van der Waals surface area contributed by atoms with Crippen LogP contribution >= 0.6 is 23.2 Å². The fraction of sp³-hybridized carbons (Fsp3) is 0.500. The molecule has 2 atom stereocenters. The molecule has 1 unspecified atom stereocenters. The fourth-order valence-electron chi connectivity index (χ4n) is 1.36. The summed E-state index contributed by atoms with van der Waals surface area (Å²) in [5, 5.41) is 13.8. The quantitative estimate of drug-likeness (QED) is 0.852. The lowest BCUT2D eigenvalue weighted by molar-refractivity contribution is 0.164. The molecule has 0 amide bonds. The summed E-state index contributed by atoms with van der Waals surface area (Å²) < 4.78 is 0. The van der Waals surface area contributed by atoms with E-state index < -0.39 is 0 Å². The topological polar surface area (TPSA) is 32.3 Å². The van der Waals surface area contributed by atoms with Gasteiger partial charge in [0.25, 0.3) is 0 Å². The summed E-state index contributed by atoms with van der Waals surface area (Å²) in [6.07, 6.45) is 0.450. The standard InChI is InChI=1S/C12H17Cl2NO/c1-3-10(16)7-15-8(2)9-4-5-11(13)12(14)6-9/h4-6,8,10,15-16H,3,7H2,1-2H3/t8?,10-/m1/s1. The highest BCUT2D eigenvalue weighted by molar-refractivity contribution is 6.42. The summed E-state index contributed by atoms with van der Waals surface area (Å²) >= 11 is 11.8. The van der Waals surface area contributed by atoms with Gasteiger partial charge in [0.05, 0.1) is 16.1 Å². The molecule has 2 N–H and O–H groups in total. The summed E-state index contributed by atoms with van der Waals surface area (Å²) in [7, 11) is 0. The first kappa shape index (κ1) is 13.8. The third-order valence-corrected chi connectivity index (χ3v) is 3.31. The molecule has 0 bridgehead atoms. The fourth-order valence-corrected chi connectivity index (χ4v) is 1.66. The van der Waals surface area contributed by atoms with E-state index >= 15 is 0 Å². The molecule has 90 valence electrons. The van der Waals surface area contributed by atoms with E-state index in [2.05, 4.69) is 5.32 Å². The Kier molecular flexibility index (Phi) is 5.56. The molecule has 0 aliphatic rings. The monoisotopic (exact) mass is 261 g/mol. The molecule has 0 aliphatic carbocycles. The van der Waals surface area contributed by atoms with Gasteiger partial charge >= 0.3 is 0 Å². The van der Waals surface area contributed by atoms with Crippen molar-refractivity contribution in [1.82, 2.24) is 5.32 Å². The Balaban J connectivity index is 2.59. The highest BCUT2D eigenvalue weighted by Gasteiger charge is 2.08. The molecule has 1 aromatic carbocycles. The maximum absolute atomic E-state index is 9.44. The normalized spacial score (nSPS) is 14.8. The summed E-state index contributed by atoms with van der Waals surface area (Å²) in [5.74, 6) is 0. The molecule has 0 aliphatic heterocycles. The second-order valence-electron chi connectivity index (χ2n) is 3.87. The van der Waals surface area contributed by atoms with E-state index in [0.717, 1.165) is 12.0 Å². The van der Waals surface area contributed by atoms with Crippen LogP contribution in [0.25, 0.3) is 0 Å². The molecular formula is C12H17Cl2NO. The van der Waals surface area contributed by atoms with Crippen LogP contribution in [0.2, 0.25) is 10.0 Å². The summed E-state index contributed by atoms with van der Waals surface area (Å²) in [6, 6.07) is 5.72. The first-order valence-corrected chi connectivity index (χ1v) is 6.16. The van der Waals surface area contributed by atoms with Gasteiger partial charge in [-0.25, -0.2) is 0 Å². The molecule has 0 radical (unpaired) electrons. The van der Waals surface area contributed by atoms with E-state index in [0.29, 0.717) is 16.6 Å². The van der Waals surface area contributed by atoms with Crippen LogP contribution in [0.5, 0.6) is 0 Å². The third-order valence-electron chi connectivity index (χ3n) is 2.57. The van der Waals surface area contributed by atoms with Crippen molar-refractivity contribution < 1.29 is 5.11 Å². The van der Waals surface area contributed by atoms with E-state index in [1.807, 2.05) is 26.0 Å². The van der Waals surface area contributed by atoms with Crippen LogP contribution in [0.3, 0.4) is 0 Å². The van der Waals surface area contributed by atoms with Crippen molar-refractivity contribution >= 4 is 23.2 Å². The van der Waals surface area contributed by atoms with Crippen molar-refractivity contribution in [1.29, 1.82) is 0 Å². The maximum atomic E-state index is 9.44. The highest BCUT2D eigenvalue weighted by atomic mass is 35.5. The van der Waals surface area contributed by atoms with Crippen molar-refractivity contribution in [2.24, 2.45) is 0 Å². The first-order chi connectivity index (χ1) is 7.54. The lowest BCUT2D eigenvalue weighted by Crippen LogP contribution is -2.28. The molecule has 0 heterocycles. The van der Waals surface area contributed by atoms with Crippen LogP contribution < -0.4 is 5.32 Å². The molecule has 16 heavy (non-hydrogen) atoms. The van der Waals surface area contributed by atoms with Gasteiger partial charge in [0.15, 0.2) is 0 Å². The van der Waals surface area contributed by atoms with Crippen LogP contribution in [-0.4, -0.2) is 17.8 Å². The van der Waals surface area contributed by atoms with Crippen LogP contribution in [0, 0.1) is 0 Å². The number of hydrogen-bond donors (Lipinski definition) is 2. The van der Waals surface area contributed by atoms with Crippen LogP contribution in [-0.2, 0) is 0 Å². The van der Waals surface area contributed by atoms with E-state index in [-0.39, 0.29) is 12.1 Å². The average Bonchev–Trinajstić information content (AvgIpc) is 2.29. The van der Waals surface area contributed by atoms with Crippen LogP contribution in [0.15, 0.2) is 18.2 Å². The number of halogens is 2. The Morgan fingerprint density at radius 2 is 2.00 bits per heavy atom. The predicted octanol–water partition coefficient (Wildman–Crippen LogP) is 3.41. The van der Waals surface area contributed by atoms with Crippen molar-refractivity contribution in [3.05, 3.63) is 33.8 Å². The van der Waals surface area contributed by atoms with Gasteiger partial charge in [-0.1, -0.05) is 36.2 Å². The molecule has 1 rings (SSSR count). The Bertz CT molecular complexity index is 344. The zero-order chi connectivity index (χ0) is 12.1. The summed E-state index contributed by atoms with van der Waals surface area (Å²) in [6.45, 7) is 4.57. The van der Waals surface area contributed by atoms with Crippen LogP contribution in [0.1, 0.15) is 31.9 Å². The minimum atomic E-state index is -0.301. The molecule has 0 saturated carbocycles. The third kappa shape index (κ3) is 3.95. The second-order valence-corrected chi connectivity index (χ2v) is 4.68. The van der Waals surface area contributed by atoms with Crippen LogP contribution in [0.4, 0.5) is 0 Å². The number of rotatable bonds is 5. The molecule has 0 spiro atoms. The van der Waals surface area contributed by atoms with Gasteiger partial charge in [0, 0.05) is 12.6 Å². The van der Waals surface area contributed by atoms with E-state index in [9.17, 15) is 5.11 Å². The van der Waals surface area contributed by atoms with Gasteiger partial charge in [-0.2, -0.15) is 0 Å². The second kappa shape index (κ2) is 6.45. The highest BCUT2D eigenvalue weighted by Crippen LogP contribution is 2.25. The molecular weight excluding hydrogens is 245 g/mol. The summed E-state index contributed by atoms with van der Waals surface area (Å²) in [4.78, 5) is 0. The lowest BCUT2D eigenvalue weighted by atomic mass is 10.1. The van der Waals surface area contributed by atoms with Crippen molar-refractivity contribution in [3.63, 3.8) is 0 Å². The molecule has 2 nitrogen and oxygen atoms in total. The predicted molar refractivity (Wildman–Crippen MR) is 69.2 cm³/mol. The van der Waals surface area contributed by atoms with Gasteiger partial charge in [-0.3, -0.25) is 0 Å². The van der Waals surface area contributed by atoms with E-state index in [4.69, 9.17) is 23.2 Å². The Hall–Kier alpha value is -0.280. The Morgan fingerprint density at radius 1 is 1.31 bits per heavy atom. The maximum Gasteiger partial charge on any atom is 0.0662 e. The zero-order valence-corrected chi connectivity index (χ0v) is 11.0. The van der Waals surface area contributed by atoms with E-state index in [1.165, 1.54) is 0 Å². The molecule has 0 fully saturated rings. The Labute approximate surface area is 107 Å². The average molecular weight is 262 g/mol. The number of aliphatic hydroxyl groups excluding tert-OH is 1. The van der Waals surface area contributed by atoms with E-state index in [1.54, 1.807) is 6.07 Å². The van der Waals surface area contributed by atoms with Gasteiger partial charge in [-0.15, -0.1) is 0 Å². The lowest BCUT2D eigenvalue weighted by Gasteiger charge is -2.17. The largest absolute Gasteiger partial charge is 0.392 e. The molecule has 0 saturated heterocycles.